The van der Waals surface area contributed by atoms with Crippen LogP contribution in [-0.4, -0.2) is 34.9 Å². The van der Waals surface area contributed by atoms with Gasteiger partial charge in [-0.15, -0.1) is 5.06 Å². The van der Waals surface area contributed by atoms with Crippen LogP contribution in [0, 0.1) is 0 Å². The summed E-state index contributed by atoms with van der Waals surface area (Å²) >= 11 is 0. The van der Waals surface area contributed by atoms with Crippen molar-refractivity contribution in [1.29, 1.82) is 0 Å². The normalized spacial score (nSPS) is 14.3. The van der Waals surface area contributed by atoms with Crippen LogP contribution in [0.3, 0.4) is 0 Å². The van der Waals surface area contributed by atoms with Gasteiger partial charge in [0.05, 0.1) is 5.56 Å². The topological polar surface area (TPSA) is 97.8 Å². The average molecular weight is 275 g/mol. The molecular weight excluding hydrogens is 266 g/mol. The minimum absolute atomic E-state index is 0.0128. The van der Waals surface area contributed by atoms with E-state index in [-0.39, 0.29) is 30.3 Å². The van der Waals surface area contributed by atoms with E-state index in [1.54, 1.807) is 0 Å². The molecule has 1 aromatic rings. The summed E-state index contributed by atoms with van der Waals surface area (Å²) in [5.74, 6) is -2.75. The molecule has 0 atom stereocenters. The van der Waals surface area contributed by atoms with E-state index in [0.29, 0.717) is 5.06 Å². The van der Waals surface area contributed by atoms with Gasteiger partial charge in [0.1, 0.15) is 0 Å². The Labute approximate surface area is 113 Å². The smallest absolute Gasteiger partial charge is 0.325 e. The number of rotatable bonds is 4. The van der Waals surface area contributed by atoms with Crippen molar-refractivity contribution >= 4 is 29.9 Å². The molecular formula is C13H9NO6. The number of hydrogen-bond donors (Lipinski definition) is 0. The molecule has 0 spiro atoms. The zero-order valence-electron chi connectivity index (χ0n) is 10.2. The van der Waals surface area contributed by atoms with E-state index in [9.17, 15) is 24.0 Å². The molecule has 102 valence electrons. The van der Waals surface area contributed by atoms with Gasteiger partial charge in [-0.25, -0.2) is 4.79 Å². The molecule has 1 saturated heterocycles. The van der Waals surface area contributed by atoms with Crippen LogP contribution in [0.5, 0.6) is 0 Å². The molecule has 1 heterocycles. The van der Waals surface area contributed by atoms with E-state index in [0.717, 1.165) is 0 Å². The molecule has 1 fully saturated rings. The summed E-state index contributed by atoms with van der Waals surface area (Å²) in [6.45, 7) is 0. The van der Waals surface area contributed by atoms with E-state index in [1.807, 2.05) is 0 Å². The molecule has 0 aliphatic carbocycles. The van der Waals surface area contributed by atoms with Crippen LogP contribution >= 0.6 is 0 Å². The first-order valence-electron chi connectivity index (χ1n) is 5.70. The van der Waals surface area contributed by atoms with Crippen molar-refractivity contribution in [3.05, 3.63) is 35.4 Å². The summed E-state index contributed by atoms with van der Waals surface area (Å²) in [5.41, 5.74) is 0.185. The van der Waals surface area contributed by atoms with Crippen molar-refractivity contribution in [3.63, 3.8) is 0 Å². The minimum atomic E-state index is -0.890. The Balaban J connectivity index is 2.10. The maximum absolute atomic E-state index is 11.7. The lowest BCUT2D eigenvalue weighted by molar-refractivity contribution is -0.172. The lowest BCUT2D eigenvalue weighted by Gasteiger charge is -2.12. The third-order valence-electron chi connectivity index (χ3n) is 2.69. The maximum atomic E-state index is 11.7. The molecule has 0 saturated carbocycles. The zero-order valence-corrected chi connectivity index (χ0v) is 10.2. The van der Waals surface area contributed by atoms with Crippen molar-refractivity contribution in [1.82, 2.24) is 5.06 Å². The second-order valence-corrected chi connectivity index (χ2v) is 4.02. The van der Waals surface area contributed by atoms with Gasteiger partial charge < -0.3 is 4.84 Å². The van der Waals surface area contributed by atoms with Gasteiger partial charge in [-0.1, -0.05) is 12.1 Å². The molecule has 7 nitrogen and oxygen atoms in total. The number of carbonyl (C=O) groups is 5. The van der Waals surface area contributed by atoms with Crippen molar-refractivity contribution in [2.24, 2.45) is 0 Å². The van der Waals surface area contributed by atoms with Crippen molar-refractivity contribution in [3.8, 4) is 0 Å². The molecule has 1 aliphatic heterocycles. The van der Waals surface area contributed by atoms with Crippen LogP contribution in [0.1, 0.15) is 33.6 Å². The van der Waals surface area contributed by atoms with Gasteiger partial charge in [0.25, 0.3) is 11.8 Å². The summed E-state index contributed by atoms with van der Waals surface area (Å²) in [4.78, 5) is 60.3. The molecule has 7 heteroatoms. The SMILES string of the molecule is O=CC(=O)c1ccc(C(=O)ON2C(=O)CCC2=O)cc1. The number of aldehydes is 1. The van der Waals surface area contributed by atoms with Crippen LogP contribution in [-0.2, 0) is 19.2 Å². The standard InChI is InChI=1S/C13H9NO6/c15-7-10(16)8-1-3-9(4-2-8)13(19)20-14-11(17)5-6-12(14)18/h1-4,7H,5-6H2. The van der Waals surface area contributed by atoms with Gasteiger partial charge in [0.2, 0.25) is 5.78 Å². The molecule has 1 aromatic carbocycles. The van der Waals surface area contributed by atoms with Crippen LogP contribution in [0.4, 0.5) is 0 Å². The molecule has 20 heavy (non-hydrogen) atoms. The number of Topliss-reactive ketones (excluding diaryl/α,β-unsaturated/α-hetero) is 1. The molecule has 0 unspecified atom stereocenters. The molecule has 1 aliphatic rings. The number of carbonyl (C=O) groups excluding carboxylic acids is 5. The molecule has 0 bridgehead atoms. The Morgan fingerprint density at radius 1 is 1.00 bits per heavy atom. The molecule has 2 rings (SSSR count). The highest BCUT2D eigenvalue weighted by molar-refractivity contribution is 6.33. The van der Waals surface area contributed by atoms with Crippen molar-refractivity contribution in [2.45, 2.75) is 12.8 Å². The van der Waals surface area contributed by atoms with Gasteiger partial charge in [0, 0.05) is 18.4 Å². The fourth-order valence-corrected chi connectivity index (χ4v) is 1.63. The zero-order chi connectivity index (χ0) is 14.7. The minimum Gasteiger partial charge on any atom is -0.325 e. The van der Waals surface area contributed by atoms with Crippen LogP contribution in [0.25, 0.3) is 0 Å². The number of hydroxylamine groups is 2. The first-order valence-corrected chi connectivity index (χ1v) is 5.70. The summed E-state index contributed by atoms with van der Waals surface area (Å²) in [6.07, 6.45) is 0.187. The number of ketones is 1. The number of imide groups is 1. The Hall–Kier alpha value is -2.83. The predicted molar refractivity (Wildman–Crippen MR) is 63.3 cm³/mol. The maximum Gasteiger partial charge on any atom is 0.363 e. The highest BCUT2D eigenvalue weighted by atomic mass is 16.7. The summed E-state index contributed by atoms with van der Waals surface area (Å²) in [7, 11) is 0. The monoisotopic (exact) mass is 275 g/mol. The van der Waals surface area contributed by atoms with Gasteiger partial charge >= 0.3 is 5.97 Å². The third kappa shape index (κ3) is 2.61. The Bertz CT molecular complexity index is 588. The lowest BCUT2D eigenvalue weighted by atomic mass is 10.1. The number of amides is 2. The van der Waals surface area contributed by atoms with Crippen LogP contribution in [0.2, 0.25) is 0 Å². The first kappa shape index (κ1) is 13.6. The summed E-state index contributed by atoms with van der Waals surface area (Å²) in [5, 5.41) is 0.437. The van der Waals surface area contributed by atoms with E-state index in [4.69, 9.17) is 0 Å². The predicted octanol–water partition coefficient (Wildman–Crippen LogP) is 0.289. The second kappa shape index (κ2) is 5.43. The van der Waals surface area contributed by atoms with E-state index in [1.165, 1.54) is 24.3 Å². The Morgan fingerprint density at radius 2 is 1.50 bits per heavy atom. The quantitative estimate of drug-likeness (QED) is 0.339. The fourth-order valence-electron chi connectivity index (χ4n) is 1.63. The number of hydrogen-bond acceptors (Lipinski definition) is 6. The Kier molecular flexibility index (Phi) is 3.69. The van der Waals surface area contributed by atoms with Crippen LogP contribution in [0.15, 0.2) is 24.3 Å². The highest BCUT2D eigenvalue weighted by Crippen LogP contribution is 2.14. The molecule has 2 amide bonds. The van der Waals surface area contributed by atoms with Gasteiger partial charge in [0.15, 0.2) is 6.29 Å². The van der Waals surface area contributed by atoms with E-state index >= 15 is 0 Å². The molecule has 0 aromatic heterocycles. The van der Waals surface area contributed by atoms with Gasteiger partial charge in [-0.05, 0) is 12.1 Å². The van der Waals surface area contributed by atoms with Gasteiger partial charge in [-0.3, -0.25) is 19.2 Å². The summed E-state index contributed by atoms with van der Waals surface area (Å²) in [6, 6.07) is 5.09. The fraction of sp³-hybridized carbons (Fsp3) is 0.154. The van der Waals surface area contributed by atoms with Crippen molar-refractivity contribution in [2.75, 3.05) is 0 Å². The van der Waals surface area contributed by atoms with E-state index in [2.05, 4.69) is 4.84 Å². The average Bonchev–Trinajstić information content (AvgIpc) is 2.78. The second-order valence-electron chi connectivity index (χ2n) is 4.02. The number of benzene rings is 1. The van der Waals surface area contributed by atoms with Crippen LogP contribution < -0.4 is 0 Å². The molecule has 0 N–H and O–H groups in total. The molecule has 0 radical (unpaired) electrons. The first-order chi connectivity index (χ1) is 9.52. The Morgan fingerprint density at radius 3 is 2.00 bits per heavy atom. The third-order valence-corrected chi connectivity index (χ3v) is 2.69. The lowest BCUT2D eigenvalue weighted by Crippen LogP contribution is -2.32. The van der Waals surface area contributed by atoms with E-state index < -0.39 is 23.6 Å². The number of nitrogens with zero attached hydrogens (tertiary/aromatic N) is 1. The summed E-state index contributed by atoms with van der Waals surface area (Å²) < 4.78 is 0. The van der Waals surface area contributed by atoms with Crippen molar-refractivity contribution < 1.29 is 28.8 Å². The highest BCUT2D eigenvalue weighted by Gasteiger charge is 2.33. The van der Waals surface area contributed by atoms with Gasteiger partial charge in [-0.2, -0.15) is 0 Å². The largest absolute Gasteiger partial charge is 0.363 e.